The van der Waals surface area contributed by atoms with Gasteiger partial charge in [0.2, 0.25) is 5.75 Å². The molecule has 3 atom stereocenters. The van der Waals surface area contributed by atoms with Crippen LogP contribution in [0.3, 0.4) is 0 Å². The fraction of sp³-hybridized carbons (Fsp3) is 0.593. The van der Waals surface area contributed by atoms with Crippen LogP contribution in [-0.2, 0) is 4.74 Å². The number of carbonyl (C=O) groups is 1. The van der Waals surface area contributed by atoms with Crippen molar-refractivity contribution in [2.24, 2.45) is 0 Å². The van der Waals surface area contributed by atoms with Crippen LogP contribution in [0.5, 0.6) is 23.3 Å². The number of nitrogens with zero attached hydrogens (tertiary/aromatic N) is 4. The molecule has 3 unspecified atom stereocenters. The van der Waals surface area contributed by atoms with E-state index < -0.39 is 5.97 Å². The third-order valence-electron chi connectivity index (χ3n) is 6.72. The van der Waals surface area contributed by atoms with Gasteiger partial charge in [-0.3, -0.25) is 0 Å². The number of methoxy groups -OCH3 is 2. The van der Waals surface area contributed by atoms with Gasteiger partial charge < -0.3 is 33.5 Å². The Kier molecular flexibility index (Phi) is 10.2. The molecule has 4 rings (SSSR count). The summed E-state index contributed by atoms with van der Waals surface area (Å²) in [5.41, 5.74) is 0.374. The van der Waals surface area contributed by atoms with E-state index in [1.807, 2.05) is 0 Å². The summed E-state index contributed by atoms with van der Waals surface area (Å²) in [4.78, 5) is 26.3. The highest BCUT2D eigenvalue weighted by atomic mass is 16.5. The van der Waals surface area contributed by atoms with Crippen LogP contribution in [0.1, 0.15) is 42.5 Å². The highest BCUT2D eigenvalue weighted by Gasteiger charge is 2.21. The van der Waals surface area contributed by atoms with E-state index in [9.17, 15) is 4.79 Å². The zero-order valence-corrected chi connectivity index (χ0v) is 21.9. The molecular weight excluding hydrogens is 476 g/mol. The van der Waals surface area contributed by atoms with Gasteiger partial charge in [0.25, 0.3) is 0 Å². The molecule has 0 saturated carbocycles. The molecule has 0 radical (unpaired) electrons. The van der Waals surface area contributed by atoms with E-state index in [-0.39, 0.29) is 6.10 Å². The first-order valence-electron chi connectivity index (χ1n) is 13.1. The van der Waals surface area contributed by atoms with Gasteiger partial charge in [-0.25, -0.2) is 14.8 Å². The third-order valence-corrected chi connectivity index (χ3v) is 6.72. The number of aromatic nitrogens is 2. The molecule has 3 heterocycles. The van der Waals surface area contributed by atoms with Crippen molar-refractivity contribution in [3.05, 3.63) is 36.2 Å². The molecule has 10 heteroatoms. The van der Waals surface area contributed by atoms with Crippen LogP contribution in [0.15, 0.2) is 30.6 Å². The molecular formula is C27H38N4O6. The second-order valence-corrected chi connectivity index (χ2v) is 9.29. The smallest absolute Gasteiger partial charge is 0.338 e. The van der Waals surface area contributed by atoms with Crippen molar-refractivity contribution in [3.63, 3.8) is 0 Å². The van der Waals surface area contributed by atoms with Gasteiger partial charge in [-0.2, -0.15) is 0 Å². The van der Waals surface area contributed by atoms with Gasteiger partial charge in [0.1, 0.15) is 6.10 Å². The van der Waals surface area contributed by atoms with E-state index >= 15 is 0 Å². The number of benzene rings is 1. The molecule has 1 fully saturated rings. The molecule has 4 bridgehead atoms. The van der Waals surface area contributed by atoms with E-state index in [2.05, 4.69) is 19.8 Å². The highest BCUT2D eigenvalue weighted by molar-refractivity contribution is 5.91. The molecule has 0 spiro atoms. The molecule has 0 aliphatic carbocycles. The van der Waals surface area contributed by atoms with Gasteiger partial charge in [0.15, 0.2) is 11.5 Å². The summed E-state index contributed by atoms with van der Waals surface area (Å²) in [7, 11) is 3.09. The van der Waals surface area contributed by atoms with Crippen LogP contribution in [0.4, 0.5) is 0 Å². The van der Waals surface area contributed by atoms with Gasteiger partial charge in [-0.05, 0) is 63.4 Å². The molecule has 1 saturated heterocycles. The summed E-state index contributed by atoms with van der Waals surface area (Å²) in [5, 5.41) is 0. The lowest BCUT2D eigenvalue weighted by atomic mass is 10.1. The quantitative estimate of drug-likeness (QED) is 0.567. The lowest BCUT2D eigenvalue weighted by Gasteiger charge is -2.24. The average Bonchev–Trinajstić information content (AvgIpc) is 3.16. The Labute approximate surface area is 218 Å². The van der Waals surface area contributed by atoms with E-state index in [1.54, 1.807) is 37.7 Å². The summed E-state index contributed by atoms with van der Waals surface area (Å²) in [6.45, 7) is 6.79. The minimum atomic E-state index is -0.401. The molecule has 2 aromatic rings. The summed E-state index contributed by atoms with van der Waals surface area (Å²) >= 11 is 0. The van der Waals surface area contributed by atoms with E-state index in [1.165, 1.54) is 7.11 Å². The number of esters is 1. The molecule has 10 nitrogen and oxygen atoms in total. The number of rotatable bonds is 4. The maximum atomic E-state index is 12.8. The van der Waals surface area contributed by atoms with E-state index in [0.717, 1.165) is 71.4 Å². The fourth-order valence-corrected chi connectivity index (χ4v) is 4.74. The van der Waals surface area contributed by atoms with Crippen molar-refractivity contribution in [1.82, 2.24) is 19.8 Å². The Hall–Kier alpha value is -3.11. The van der Waals surface area contributed by atoms with Gasteiger partial charge in [0, 0.05) is 38.6 Å². The number of ether oxygens (including phenoxy) is 5. The van der Waals surface area contributed by atoms with Crippen molar-refractivity contribution in [2.45, 2.75) is 38.2 Å². The second kappa shape index (κ2) is 14.0. The normalized spacial score (nSPS) is 23.8. The minimum absolute atomic E-state index is 0.0369. The minimum Gasteiger partial charge on any atom is -0.493 e. The largest absolute Gasteiger partial charge is 0.493 e. The topological polar surface area (TPSA) is 95.5 Å². The Bertz CT molecular complexity index is 992. The van der Waals surface area contributed by atoms with Crippen LogP contribution in [0, 0.1) is 0 Å². The molecule has 0 N–H and O–H groups in total. The molecule has 2 aliphatic rings. The number of carbonyl (C=O) groups excluding carboxylic acids is 1. The van der Waals surface area contributed by atoms with Crippen LogP contribution < -0.4 is 18.9 Å². The Morgan fingerprint density at radius 2 is 1.57 bits per heavy atom. The summed E-state index contributed by atoms with van der Waals surface area (Å²) < 4.78 is 28.8. The Morgan fingerprint density at radius 3 is 2.32 bits per heavy atom. The zero-order chi connectivity index (χ0) is 25.9. The Morgan fingerprint density at radius 1 is 0.838 bits per heavy atom. The highest BCUT2D eigenvalue weighted by Crippen LogP contribution is 2.38. The summed E-state index contributed by atoms with van der Waals surface area (Å²) in [5.74, 6) is 0.918. The Balaban J connectivity index is 1.51. The molecule has 0 amide bonds. The molecule has 1 aromatic heterocycles. The first-order valence-corrected chi connectivity index (χ1v) is 13.1. The van der Waals surface area contributed by atoms with Crippen LogP contribution >= 0.6 is 0 Å². The van der Waals surface area contributed by atoms with Crippen molar-refractivity contribution >= 4 is 5.97 Å². The number of cyclic esters (lactones) is 1. The predicted octanol–water partition coefficient (Wildman–Crippen LogP) is 3.06. The lowest BCUT2D eigenvalue weighted by molar-refractivity contribution is 0.0487. The van der Waals surface area contributed by atoms with Crippen molar-refractivity contribution < 1.29 is 28.5 Å². The fourth-order valence-electron chi connectivity index (χ4n) is 4.74. The van der Waals surface area contributed by atoms with E-state index in [0.29, 0.717) is 42.0 Å². The number of hydrogen-bond acceptors (Lipinski definition) is 10. The molecule has 37 heavy (non-hydrogen) atoms. The second-order valence-electron chi connectivity index (χ2n) is 9.29. The lowest BCUT2D eigenvalue weighted by Crippen LogP contribution is -2.34. The van der Waals surface area contributed by atoms with Crippen LogP contribution in [0.25, 0.3) is 0 Å². The van der Waals surface area contributed by atoms with Gasteiger partial charge in [0.05, 0.1) is 33.0 Å². The molecule has 202 valence electrons. The van der Waals surface area contributed by atoms with Gasteiger partial charge in [-0.15, -0.1) is 0 Å². The number of fused-ring (bicyclic) bond motifs is 5. The third kappa shape index (κ3) is 7.93. The first-order chi connectivity index (χ1) is 18.2. The maximum absolute atomic E-state index is 12.8. The maximum Gasteiger partial charge on any atom is 0.338 e. The van der Waals surface area contributed by atoms with Gasteiger partial charge in [-0.1, -0.05) is 0 Å². The molecule has 2 aliphatic heterocycles. The summed E-state index contributed by atoms with van der Waals surface area (Å²) in [6, 6.07) is 5.46. The van der Waals surface area contributed by atoms with Crippen LogP contribution in [-0.4, -0.2) is 98.5 Å². The average molecular weight is 515 g/mol. The van der Waals surface area contributed by atoms with Crippen molar-refractivity contribution in [2.75, 3.05) is 66.7 Å². The SMILES string of the molecule is COc1cc2cc(c1OC)OCCCC(Oc1ncccn1)CCN1CCCN(CCCOC2=O)CC1. The predicted molar refractivity (Wildman–Crippen MR) is 138 cm³/mol. The summed E-state index contributed by atoms with van der Waals surface area (Å²) in [6.07, 6.45) is 7.65. The standard InChI is InChI=1S/C27H38N4O6/c1-33-23-19-21-20-24(25(23)34-2)35-17-3-7-22(37-27-28-9-4-10-29-27)8-14-31-12-5-11-30(15-16-31)13-6-18-36-26(21)32/h4,9-10,19-20,22H,3,5-8,11-18H2,1-2H3. The first kappa shape index (κ1) is 26.9. The van der Waals surface area contributed by atoms with Crippen molar-refractivity contribution in [3.8, 4) is 23.3 Å². The molecule has 1 aromatic carbocycles. The van der Waals surface area contributed by atoms with Crippen LogP contribution in [0.2, 0.25) is 0 Å². The zero-order valence-electron chi connectivity index (χ0n) is 21.9. The number of hydrogen-bond donors (Lipinski definition) is 0. The monoisotopic (exact) mass is 514 g/mol. The van der Waals surface area contributed by atoms with Gasteiger partial charge >= 0.3 is 12.0 Å². The van der Waals surface area contributed by atoms with E-state index in [4.69, 9.17) is 23.7 Å². The van der Waals surface area contributed by atoms with Crippen molar-refractivity contribution in [1.29, 1.82) is 0 Å².